The van der Waals surface area contributed by atoms with Crippen molar-refractivity contribution in [1.82, 2.24) is 4.90 Å². The van der Waals surface area contributed by atoms with E-state index in [2.05, 4.69) is 6.58 Å². The van der Waals surface area contributed by atoms with Gasteiger partial charge in [0.1, 0.15) is 6.04 Å². The molecular weight excluding hydrogens is 230 g/mol. The first kappa shape index (κ1) is 14.4. The number of hydrogen-bond donors (Lipinski definition) is 2. The molecule has 0 aliphatic rings. The number of carbonyl (C=O) groups is 1. The molecule has 2 N–H and O–H groups in total. The predicted octanol–water partition coefficient (Wildman–Crippen LogP) is 1.68. The van der Waals surface area contributed by atoms with Crippen LogP contribution in [-0.4, -0.2) is 40.3 Å². The molecule has 1 aromatic carbocycles. The van der Waals surface area contributed by atoms with E-state index in [0.29, 0.717) is 6.54 Å². The number of rotatable bonds is 7. The van der Waals surface area contributed by atoms with Crippen LogP contribution < -0.4 is 0 Å². The second-order valence-corrected chi connectivity index (χ2v) is 4.07. The van der Waals surface area contributed by atoms with Crippen molar-refractivity contribution in [3.8, 4) is 0 Å². The molecule has 0 aliphatic heterocycles. The Kier molecular flexibility index (Phi) is 5.55. The van der Waals surface area contributed by atoms with Crippen LogP contribution in [0.3, 0.4) is 0 Å². The lowest BCUT2D eigenvalue weighted by molar-refractivity contribution is -0.143. The third kappa shape index (κ3) is 3.42. The van der Waals surface area contributed by atoms with E-state index in [-0.39, 0.29) is 12.6 Å². The first-order valence-corrected chi connectivity index (χ1v) is 5.88. The highest BCUT2D eigenvalue weighted by atomic mass is 16.4. The van der Waals surface area contributed by atoms with Crippen LogP contribution in [0.25, 0.3) is 0 Å². The van der Waals surface area contributed by atoms with Crippen molar-refractivity contribution in [1.29, 1.82) is 0 Å². The average Bonchev–Trinajstić information content (AvgIpc) is 2.39. The molecule has 0 saturated heterocycles. The smallest absolute Gasteiger partial charge is 0.320 e. The third-order valence-electron chi connectivity index (χ3n) is 2.93. The van der Waals surface area contributed by atoms with Crippen molar-refractivity contribution in [3.05, 3.63) is 48.6 Å². The van der Waals surface area contributed by atoms with E-state index in [0.717, 1.165) is 5.56 Å². The SMILES string of the molecule is C=CC(c1ccccc1)N(CCO)[C@@H](C)C(=O)O. The zero-order valence-electron chi connectivity index (χ0n) is 10.5. The fraction of sp³-hybridized carbons (Fsp3) is 0.357. The summed E-state index contributed by atoms with van der Waals surface area (Å²) in [5.74, 6) is -0.911. The normalized spacial score (nSPS) is 14.2. The summed E-state index contributed by atoms with van der Waals surface area (Å²) in [5, 5.41) is 18.2. The van der Waals surface area contributed by atoms with Crippen LogP contribution in [0.15, 0.2) is 43.0 Å². The first-order chi connectivity index (χ1) is 8.61. The molecule has 0 radical (unpaired) electrons. The summed E-state index contributed by atoms with van der Waals surface area (Å²) in [7, 11) is 0. The van der Waals surface area contributed by atoms with Gasteiger partial charge in [0.25, 0.3) is 0 Å². The van der Waals surface area contributed by atoms with Crippen molar-refractivity contribution in [2.75, 3.05) is 13.2 Å². The van der Waals surface area contributed by atoms with Crippen LogP contribution >= 0.6 is 0 Å². The molecule has 1 aromatic rings. The van der Waals surface area contributed by atoms with E-state index in [1.54, 1.807) is 17.9 Å². The largest absolute Gasteiger partial charge is 0.480 e. The number of hydrogen-bond acceptors (Lipinski definition) is 3. The molecule has 1 rings (SSSR count). The zero-order valence-corrected chi connectivity index (χ0v) is 10.5. The second-order valence-electron chi connectivity index (χ2n) is 4.07. The number of aliphatic carboxylic acids is 1. The Morgan fingerprint density at radius 1 is 1.44 bits per heavy atom. The average molecular weight is 249 g/mol. The molecule has 4 nitrogen and oxygen atoms in total. The number of carboxylic acid groups (broad SMARTS) is 1. The molecule has 18 heavy (non-hydrogen) atoms. The summed E-state index contributed by atoms with van der Waals surface area (Å²) in [6.07, 6.45) is 1.70. The third-order valence-corrected chi connectivity index (χ3v) is 2.93. The molecule has 0 amide bonds. The molecule has 0 bridgehead atoms. The van der Waals surface area contributed by atoms with E-state index < -0.39 is 12.0 Å². The first-order valence-electron chi connectivity index (χ1n) is 5.88. The van der Waals surface area contributed by atoms with Gasteiger partial charge in [-0.3, -0.25) is 9.69 Å². The zero-order chi connectivity index (χ0) is 13.5. The molecule has 0 aromatic heterocycles. The lowest BCUT2D eigenvalue weighted by Crippen LogP contribution is -2.42. The van der Waals surface area contributed by atoms with Crippen molar-refractivity contribution in [3.63, 3.8) is 0 Å². The maximum absolute atomic E-state index is 11.1. The topological polar surface area (TPSA) is 60.8 Å². The highest BCUT2D eigenvalue weighted by molar-refractivity contribution is 5.73. The van der Waals surface area contributed by atoms with Gasteiger partial charge in [-0.15, -0.1) is 6.58 Å². The summed E-state index contributed by atoms with van der Waals surface area (Å²) < 4.78 is 0. The van der Waals surface area contributed by atoms with Gasteiger partial charge in [-0.05, 0) is 12.5 Å². The van der Waals surface area contributed by atoms with Gasteiger partial charge in [-0.1, -0.05) is 36.4 Å². The minimum atomic E-state index is -0.911. The molecule has 0 spiro atoms. The Labute approximate surface area is 107 Å². The molecule has 4 heteroatoms. The Morgan fingerprint density at radius 3 is 2.50 bits per heavy atom. The molecule has 98 valence electrons. The lowest BCUT2D eigenvalue weighted by atomic mass is 10.0. The summed E-state index contributed by atoms with van der Waals surface area (Å²) in [5.41, 5.74) is 0.967. The van der Waals surface area contributed by atoms with Crippen molar-refractivity contribution >= 4 is 5.97 Å². The monoisotopic (exact) mass is 249 g/mol. The molecule has 0 saturated carbocycles. The maximum Gasteiger partial charge on any atom is 0.320 e. The van der Waals surface area contributed by atoms with E-state index in [1.165, 1.54) is 0 Å². The fourth-order valence-electron chi connectivity index (χ4n) is 1.94. The van der Waals surface area contributed by atoms with Crippen molar-refractivity contribution < 1.29 is 15.0 Å². The van der Waals surface area contributed by atoms with Gasteiger partial charge in [0.05, 0.1) is 12.6 Å². The van der Waals surface area contributed by atoms with Crippen LogP contribution in [0.5, 0.6) is 0 Å². The van der Waals surface area contributed by atoms with Gasteiger partial charge < -0.3 is 10.2 Å². The van der Waals surface area contributed by atoms with E-state index in [9.17, 15) is 4.79 Å². The van der Waals surface area contributed by atoms with E-state index in [1.807, 2.05) is 30.3 Å². The number of nitrogens with zero attached hydrogens (tertiary/aromatic N) is 1. The molecule has 2 atom stereocenters. The minimum absolute atomic E-state index is 0.0885. The van der Waals surface area contributed by atoms with Gasteiger partial charge in [-0.2, -0.15) is 0 Å². The molecular formula is C14H19NO3. The Bertz CT molecular complexity index is 391. The summed E-state index contributed by atoms with van der Waals surface area (Å²) in [6, 6.07) is 8.64. The number of aliphatic hydroxyl groups is 1. The van der Waals surface area contributed by atoms with Gasteiger partial charge in [0.2, 0.25) is 0 Å². The predicted molar refractivity (Wildman–Crippen MR) is 70.3 cm³/mol. The minimum Gasteiger partial charge on any atom is -0.480 e. The number of aliphatic hydroxyl groups excluding tert-OH is 1. The van der Waals surface area contributed by atoms with Crippen LogP contribution in [-0.2, 0) is 4.79 Å². The molecule has 0 heterocycles. The summed E-state index contributed by atoms with van der Waals surface area (Å²) in [6.45, 7) is 5.58. The highest BCUT2D eigenvalue weighted by Crippen LogP contribution is 2.23. The van der Waals surface area contributed by atoms with Crippen molar-refractivity contribution in [2.45, 2.75) is 19.0 Å². The molecule has 1 unspecified atom stereocenters. The Hall–Kier alpha value is -1.65. The van der Waals surface area contributed by atoms with E-state index in [4.69, 9.17) is 10.2 Å². The second kappa shape index (κ2) is 6.93. The van der Waals surface area contributed by atoms with Crippen LogP contribution in [0.2, 0.25) is 0 Å². The number of benzene rings is 1. The quantitative estimate of drug-likeness (QED) is 0.722. The maximum atomic E-state index is 11.1. The van der Waals surface area contributed by atoms with Crippen LogP contribution in [0.4, 0.5) is 0 Å². The van der Waals surface area contributed by atoms with Crippen LogP contribution in [0.1, 0.15) is 18.5 Å². The van der Waals surface area contributed by atoms with Crippen LogP contribution in [0, 0.1) is 0 Å². The van der Waals surface area contributed by atoms with Crippen molar-refractivity contribution in [2.24, 2.45) is 0 Å². The number of carboxylic acids is 1. The van der Waals surface area contributed by atoms with E-state index >= 15 is 0 Å². The standard InChI is InChI=1S/C14H19NO3/c1-3-13(12-7-5-4-6-8-12)15(9-10-16)11(2)14(17)18/h3-8,11,13,16H,1,9-10H2,2H3,(H,17,18)/t11-,13?/m0/s1. The highest BCUT2D eigenvalue weighted by Gasteiger charge is 2.26. The molecule has 0 aliphatic carbocycles. The van der Waals surface area contributed by atoms with Gasteiger partial charge in [0.15, 0.2) is 0 Å². The lowest BCUT2D eigenvalue weighted by Gasteiger charge is -2.32. The summed E-state index contributed by atoms with van der Waals surface area (Å²) >= 11 is 0. The Balaban J connectivity index is 3.01. The summed E-state index contributed by atoms with van der Waals surface area (Å²) in [4.78, 5) is 12.8. The van der Waals surface area contributed by atoms with Gasteiger partial charge in [-0.25, -0.2) is 0 Å². The van der Waals surface area contributed by atoms with Gasteiger partial charge >= 0.3 is 5.97 Å². The Morgan fingerprint density at radius 2 is 2.06 bits per heavy atom. The fourth-order valence-corrected chi connectivity index (χ4v) is 1.94. The van der Waals surface area contributed by atoms with Gasteiger partial charge in [0, 0.05) is 6.54 Å². The molecule has 0 fully saturated rings.